The molecule has 0 saturated carbocycles. The minimum atomic E-state index is -0.306. The van der Waals surface area contributed by atoms with Crippen molar-refractivity contribution in [2.45, 2.75) is 0 Å². The van der Waals surface area contributed by atoms with Crippen molar-refractivity contribution in [1.82, 2.24) is 9.97 Å². The van der Waals surface area contributed by atoms with Gasteiger partial charge in [0.05, 0.1) is 5.69 Å². The number of rotatable bonds is 3. The molecule has 3 rings (SSSR count). The third-order valence-corrected chi connectivity index (χ3v) is 2.90. The molecule has 1 aromatic heterocycles. The van der Waals surface area contributed by atoms with Gasteiger partial charge in [-0.1, -0.05) is 12.1 Å². The van der Waals surface area contributed by atoms with E-state index in [4.69, 9.17) is 0 Å². The summed E-state index contributed by atoms with van der Waals surface area (Å²) in [5, 5.41) is 12.3. The summed E-state index contributed by atoms with van der Waals surface area (Å²) in [7, 11) is 0. The molecular formula is C16H12FN3O. The molecule has 104 valence electrons. The third kappa shape index (κ3) is 3.14. The van der Waals surface area contributed by atoms with Gasteiger partial charge in [-0.25, -0.2) is 14.4 Å². The van der Waals surface area contributed by atoms with Crippen LogP contribution in [0.1, 0.15) is 0 Å². The fourth-order valence-corrected chi connectivity index (χ4v) is 1.90. The van der Waals surface area contributed by atoms with Crippen LogP contribution in [0.2, 0.25) is 0 Å². The molecule has 4 nitrogen and oxygen atoms in total. The molecule has 2 N–H and O–H groups in total. The van der Waals surface area contributed by atoms with E-state index < -0.39 is 0 Å². The van der Waals surface area contributed by atoms with Crippen LogP contribution in [0.25, 0.3) is 11.3 Å². The van der Waals surface area contributed by atoms with Crippen LogP contribution in [0.3, 0.4) is 0 Å². The Morgan fingerprint density at radius 2 is 1.81 bits per heavy atom. The summed E-state index contributed by atoms with van der Waals surface area (Å²) in [5.41, 5.74) is 2.07. The number of aromatic hydroxyl groups is 1. The van der Waals surface area contributed by atoms with Gasteiger partial charge in [0.2, 0.25) is 5.95 Å². The number of hydrogen-bond acceptors (Lipinski definition) is 4. The summed E-state index contributed by atoms with van der Waals surface area (Å²) in [6, 6.07) is 14.5. The summed E-state index contributed by atoms with van der Waals surface area (Å²) < 4.78 is 13.3. The van der Waals surface area contributed by atoms with Crippen LogP contribution in [0.4, 0.5) is 16.0 Å². The van der Waals surface area contributed by atoms with Crippen molar-refractivity contribution >= 4 is 11.6 Å². The molecular weight excluding hydrogens is 269 g/mol. The Morgan fingerprint density at radius 1 is 1.00 bits per heavy atom. The first-order valence-corrected chi connectivity index (χ1v) is 6.36. The average Bonchev–Trinajstić information content (AvgIpc) is 2.50. The molecule has 0 aliphatic carbocycles. The van der Waals surface area contributed by atoms with Gasteiger partial charge in [-0.05, 0) is 42.5 Å². The fraction of sp³-hybridized carbons (Fsp3) is 0. The monoisotopic (exact) mass is 281 g/mol. The van der Waals surface area contributed by atoms with E-state index in [1.54, 1.807) is 48.7 Å². The number of aromatic nitrogens is 2. The van der Waals surface area contributed by atoms with Gasteiger partial charge in [0.25, 0.3) is 0 Å². The highest BCUT2D eigenvalue weighted by atomic mass is 19.1. The molecule has 0 atom stereocenters. The minimum absolute atomic E-state index is 0.190. The molecule has 21 heavy (non-hydrogen) atoms. The smallest absolute Gasteiger partial charge is 0.227 e. The van der Waals surface area contributed by atoms with E-state index in [0.717, 1.165) is 5.69 Å². The van der Waals surface area contributed by atoms with Crippen LogP contribution in [0.15, 0.2) is 60.8 Å². The van der Waals surface area contributed by atoms with Gasteiger partial charge in [-0.2, -0.15) is 0 Å². The molecule has 1 heterocycles. The lowest BCUT2D eigenvalue weighted by atomic mass is 10.1. The second-order valence-electron chi connectivity index (χ2n) is 4.45. The molecule has 0 fully saturated rings. The van der Waals surface area contributed by atoms with Crippen LogP contribution in [-0.4, -0.2) is 15.1 Å². The number of benzene rings is 2. The number of phenols is 1. The second kappa shape index (κ2) is 5.58. The first-order chi connectivity index (χ1) is 10.2. The van der Waals surface area contributed by atoms with E-state index in [0.29, 0.717) is 17.2 Å². The molecule has 2 aromatic carbocycles. The lowest BCUT2D eigenvalue weighted by Gasteiger charge is -2.07. The van der Waals surface area contributed by atoms with Gasteiger partial charge in [-0.3, -0.25) is 0 Å². The predicted octanol–water partition coefficient (Wildman–Crippen LogP) is 3.73. The molecule has 0 spiro atoms. The number of phenolic OH excluding ortho intramolecular Hbond substituents is 1. The second-order valence-corrected chi connectivity index (χ2v) is 4.45. The van der Waals surface area contributed by atoms with E-state index in [2.05, 4.69) is 15.3 Å². The molecule has 0 bridgehead atoms. The van der Waals surface area contributed by atoms with Gasteiger partial charge >= 0.3 is 0 Å². The number of hydrogen-bond donors (Lipinski definition) is 2. The normalized spacial score (nSPS) is 10.3. The van der Waals surface area contributed by atoms with Crippen LogP contribution in [-0.2, 0) is 0 Å². The standard InChI is InChI=1S/C16H12FN3O/c17-12-3-1-2-11(10-12)15-8-9-18-16(20-15)19-13-4-6-14(21)7-5-13/h1-10,21H,(H,18,19,20). The predicted molar refractivity (Wildman–Crippen MR) is 78.8 cm³/mol. The Labute approximate surface area is 120 Å². The fourth-order valence-electron chi connectivity index (χ4n) is 1.90. The maximum atomic E-state index is 13.3. The van der Waals surface area contributed by atoms with Crippen molar-refractivity contribution in [3.05, 3.63) is 66.6 Å². The molecule has 0 radical (unpaired) electrons. The van der Waals surface area contributed by atoms with Crippen LogP contribution in [0.5, 0.6) is 5.75 Å². The summed E-state index contributed by atoms with van der Waals surface area (Å²) in [6.07, 6.45) is 1.61. The number of nitrogens with zero attached hydrogens (tertiary/aromatic N) is 2. The van der Waals surface area contributed by atoms with Gasteiger partial charge in [0.15, 0.2) is 0 Å². The van der Waals surface area contributed by atoms with Crippen molar-refractivity contribution in [2.75, 3.05) is 5.32 Å². The molecule has 0 amide bonds. The van der Waals surface area contributed by atoms with Gasteiger partial charge in [0, 0.05) is 17.4 Å². The van der Waals surface area contributed by atoms with E-state index in [-0.39, 0.29) is 11.6 Å². The molecule has 0 saturated heterocycles. The Hall–Kier alpha value is -2.95. The van der Waals surface area contributed by atoms with Gasteiger partial charge in [0.1, 0.15) is 11.6 Å². The van der Waals surface area contributed by atoms with Gasteiger partial charge in [-0.15, -0.1) is 0 Å². The van der Waals surface area contributed by atoms with Crippen LogP contribution < -0.4 is 5.32 Å². The Balaban J connectivity index is 1.88. The zero-order valence-corrected chi connectivity index (χ0v) is 11.0. The summed E-state index contributed by atoms with van der Waals surface area (Å²) in [5.74, 6) is 0.289. The first kappa shape index (κ1) is 13.1. The average molecular weight is 281 g/mol. The van der Waals surface area contributed by atoms with Crippen molar-refractivity contribution in [3.63, 3.8) is 0 Å². The van der Waals surface area contributed by atoms with Crippen LogP contribution >= 0.6 is 0 Å². The molecule has 3 aromatic rings. The largest absolute Gasteiger partial charge is 0.508 e. The third-order valence-electron chi connectivity index (χ3n) is 2.90. The van der Waals surface area contributed by atoms with E-state index in [1.807, 2.05) is 0 Å². The highest BCUT2D eigenvalue weighted by molar-refractivity contribution is 5.62. The summed E-state index contributed by atoms with van der Waals surface area (Å²) >= 11 is 0. The Morgan fingerprint density at radius 3 is 2.57 bits per heavy atom. The first-order valence-electron chi connectivity index (χ1n) is 6.36. The molecule has 0 unspecified atom stereocenters. The van der Waals surface area contributed by atoms with E-state index in [9.17, 15) is 9.50 Å². The van der Waals surface area contributed by atoms with Crippen molar-refractivity contribution < 1.29 is 9.50 Å². The zero-order chi connectivity index (χ0) is 14.7. The number of halogens is 1. The van der Waals surface area contributed by atoms with Gasteiger partial charge < -0.3 is 10.4 Å². The van der Waals surface area contributed by atoms with Crippen LogP contribution in [0, 0.1) is 5.82 Å². The quantitative estimate of drug-likeness (QED) is 0.718. The Kier molecular flexibility index (Phi) is 3.47. The maximum absolute atomic E-state index is 13.3. The Bertz CT molecular complexity index is 759. The summed E-state index contributed by atoms with van der Waals surface area (Å²) in [6.45, 7) is 0. The highest BCUT2D eigenvalue weighted by Crippen LogP contribution is 2.21. The van der Waals surface area contributed by atoms with Crippen molar-refractivity contribution in [2.24, 2.45) is 0 Å². The van der Waals surface area contributed by atoms with E-state index in [1.165, 1.54) is 12.1 Å². The van der Waals surface area contributed by atoms with Crippen molar-refractivity contribution in [3.8, 4) is 17.0 Å². The maximum Gasteiger partial charge on any atom is 0.227 e. The van der Waals surface area contributed by atoms with E-state index >= 15 is 0 Å². The topological polar surface area (TPSA) is 58.0 Å². The van der Waals surface area contributed by atoms with Crippen molar-refractivity contribution in [1.29, 1.82) is 0 Å². The number of anilines is 2. The number of nitrogens with one attached hydrogen (secondary N) is 1. The lowest BCUT2D eigenvalue weighted by molar-refractivity contribution is 0.475. The zero-order valence-electron chi connectivity index (χ0n) is 11.0. The highest BCUT2D eigenvalue weighted by Gasteiger charge is 2.04. The lowest BCUT2D eigenvalue weighted by Crippen LogP contribution is -1.97. The SMILES string of the molecule is Oc1ccc(Nc2nccc(-c3cccc(F)c3)n2)cc1. The molecule has 5 heteroatoms. The molecule has 0 aliphatic rings. The molecule has 0 aliphatic heterocycles. The summed E-state index contributed by atoms with van der Waals surface area (Å²) in [4.78, 5) is 8.48. The minimum Gasteiger partial charge on any atom is -0.508 e.